The number of carbonyl (C=O) groups excluding carboxylic acids is 2. The zero-order valence-corrected chi connectivity index (χ0v) is 18.5. The smallest absolute Gasteiger partial charge is 0.266 e. The van der Waals surface area contributed by atoms with E-state index in [4.69, 9.17) is 4.74 Å². The SMILES string of the molecule is O=C(COc1ccc(C(=O)c2ccccc2)cc1)NCCn1nc(-c2cccs2)ccc1=O. The van der Waals surface area contributed by atoms with Crippen LogP contribution in [0.4, 0.5) is 0 Å². The van der Waals surface area contributed by atoms with E-state index in [-0.39, 0.29) is 36.9 Å². The van der Waals surface area contributed by atoms with Gasteiger partial charge in [0.15, 0.2) is 12.4 Å². The monoisotopic (exact) mass is 459 g/mol. The maximum atomic E-state index is 12.4. The summed E-state index contributed by atoms with van der Waals surface area (Å²) in [5, 5.41) is 9.02. The van der Waals surface area contributed by atoms with Gasteiger partial charge in [0.1, 0.15) is 11.4 Å². The quantitative estimate of drug-likeness (QED) is 0.388. The van der Waals surface area contributed by atoms with E-state index in [1.807, 2.05) is 35.7 Å². The minimum Gasteiger partial charge on any atom is -0.484 e. The summed E-state index contributed by atoms with van der Waals surface area (Å²) < 4.78 is 6.83. The fourth-order valence-electron chi connectivity index (χ4n) is 3.12. The average molecular weight is 460 g/mol. The average Bonchev–Trinajstić information content (AvgIpc) is 3.39. The molecule has 0 saturated heterocycles. The van der Waals surface area contributed by atoms with Gasteiger partial charge in [-0.15, -0.1) is 11.3 Å². The van der Waals surface area contributed by atoms with Crippen molar-refractivity contribution in [3.63, 3.8) is 0 Å². The molecule has 0 saturated carbocycles. The van der Waals surface area contributed by atoms with Crippen molar-refractivity contribution in [2.75, 3.05) is 13.2 Å². The Kier molecular flexibility index (Phi) is 7.06. The predicted molar refractivity (Wildman–Crippen MR) is 127 cm³/mol. The third kappa shape index (κ3) is 5.81. The van der Waals surface area contributed by atoms with Gasteiger partial charge in [0.05, 0.1) is 11.4 Å². The molecule has 0 aliphatic heterocycles. The van der Waals surface area contributed by atoms with Crippen molar-refractivity contribution in [3.05, 3.63) is 106 Å². The molecule has 1 amide bonds. The Balaban J connectivity index is 1.25. The maximum Gasteiger partial charge on any atom is 0.266 e. The first-order valence-electron chi connectivity index (χ1n) is 10.3. The molecule has 0 unspecified atom stereocenters. The molecular weight excluding hydrogens is 438 g/mol. The van der Waals surface area contributed by atoms with Gasteiger partial charge in [0, 0.05) is 23.7 Å². The van der Waals surface area contributed by atoms with Crippen molar-refractivity contribution in [2.24, 2.45) is 0 Å². The number of benzene rings is 2. The number of hydrogen-bond acceptors (Lipinski definition) is 6. The molecule has 0 aliphatic carbocycles. The molecule has 7 nitrogen and oxygen atoms in total. The number of aromatic nitrogens is 2. The van der Waals surface area contributed by atoms with E-state index in [1.54, 1.807) is 53.8 Å². The lowest BCUT2D eigenvalue weighted by molar-refractivity contribution is -0.123. The first-order valence-corrected chi connectivity index (χ1v) is 11.2. The molecule has 2 aromatic carbocycles. The van der Waals surface area contributed by atoms with E-state index in [0.717, 1.165) is 4.88 Å². The van der Waals surface area contributed by atoms with Crippen LogP contribution in [0.25, 0.3) is 10.6 Å². The molecule has 4 rings (SSSR count). The lowest BCUT2D eigenvalue weighted by Crippen LogP contribution is -2.34. The summed E-state index contributed by atoms with van der Waals surface area (Å²) in [6.45, 7) is 0.317. The fourth-order valence-corrected chi connectivity index (χ4v) is 3.82. The predicted octanol–water partition coefficient (Wildman–Crippen LogP) is 3.40. The Morgan fingerprint density at radius 3 is 2.39 bits per heavy atom. The standard InChI is InChI=1S/C25H21N3O4S/c29-23(26-14-15-28-24(30)13-12-21(27-28)22-7-4-16-33-22)17-32-20-10-8-19(9-11-20)25(31)18-5-2-1-3-6-18/h1-13,16H,14-15,17H2,(H,26,29). The van der Waals surface area contributed by atoms with E-state index < -0.39 is 0 Å². The van der Waals surface area contributed by atoms with Crippen LogP contribution in [0.1, 0.15) is 15.9 Å². The van der Waals surface area contributed by atoms with Crippen LogP contribution in [0.2, 0.25) is 0 Å². The number of rotatable bonds is 9. The highest BCUT2D eigenvalue weighted by Crippen LogP contribution is 2.21. The molecule has 2 heterocycles. The highest BCUT2D eigenvalue weighted by atomic mass is 32.1. The second-order valence-electron chi connectivity index (χ2n) is 7.12. The molecule has 0 fully saturated rings. The molecule has 1 N–H and O–H groups in total. The van der Waals surface area contributed by atoms with E-state index in [9.17, 15) is 14.4 Å². The molecular formula is C25H21N3O4S. The summed E-state index contributed by atoms with van der Waals surface area (Å²) in [5.41, 5.74) is 1.64. The molecule has 0 spiro atoms. The van der Waals surface area contributed by atoms with Crippen molar-refractivity contribution >= 4 is 23.0 Å². The van der Waals surface area contributed by atoms with Crippen LogP contribution in [0.3, 0.4) is 0 Å². The van der Waals surface area contributed by atoms with Crippen LogP contribution in [0, 0.1) is 0 Å². The second kappa shape index (κ2) is 10.5. The molecule has 0 aliphatic rings. The Bertz CT molecular complexity index is 1280. The highest BCUT2D eigenvalue weighted by Gasteiger charge is 2.09. The van der Waals surface area contributed by atoms with Gasteiger partial charge in [0.25, 0.3) is 11.5 Å². The van der Waals surface area contributed by atoms with Gasteiger partial charge < -0.3 is 10.1 Å². The molecule has 33 heavy (non-hydrogen) atoms. The molecule has 166 valence electrons. The number of carbonyl (C=O) groups is 2. The molecule has 0 atom stereocenters. The minimum atomic E-state index is -0.318. The summed E-state index contributed by atoms with van der Waals surface area (Å²) in [5.74, 6) is 0.0880. The van der Waals surface area contributed by atoms with Crippen LogP contribution in [0.5, 0.6) is 5.75 Å². The van der Waals surface area contributed by atoms with Crippen LogP contribution in [-0.4, -0.2) is 34.6 Å². The number of thiophene rings is 1. The van der Waals surface area contributed by atoms with Crippen LogP contribution in [0.15, 0.2) is 89.0 Å². The van der Waals surface area contributed by atoms with Gasteiger partial charge in [-0.1, -0.05) is 36.4 Å². The van der Waals surface area contributed by atoms with E-state index in [1.165, 1.54) is 10.7 Å². The number of nitrogens with zero attached hydrogens (tertiary/aromatic N) is 2. The number of ether oxygens (including phenoxy) is 1. The first kappa shape index (κ1) is 22.2. The van der Waals surface area contributed by atoms with Crippen molar-refractivity contribution in [2.45, 2.75) is 6.54 Å². The van der Waals surface area contributed by atoms with Crippen molar-refractivity contribution in [1.29, 1.82) is 0 Å². The van der Waals surface area contributed by atoms with E-state index in [0.29, 0.717) is 22.6 Å². The molecule has 0 radical (unpaired) electrons. The minimum absolute atomic E-state index is 0.0770. The molecule has 8 heteroatoms. The largest absolute Gasteiger partial charge is 0.484 e. The second-order valence-corrected chi connectivity index (χ2v) is 8.06. The van der Waals surface area contributed by atoms with Crippen molar-refractivity contribution in [3.8, 4) is 16.3 Å². The molecule has 0 bridgehead atoms. The Morgan fingerprint density at radius 1 is 0.909 bits per heavy atom. The first-order chi connectivity index (χ1) is 16.1. The van der Waals surface area contributed by atoms with Gasteiger partial charge in [-0.3, -0.25) is 14.4 Å². The van der Waals surface area contributed by atoms with Crippen molar-refractivity contribution in [1.82, 2.24) is 15.1 Å². The number of amides is 1. The maximum absolute atomic E-state index is 12.4. The number of ketones is 1. The zero-order chi connectivity index (χ0) is 23.0. The number of nitrogens with one attached hydrogen (secondary N) is 1. The lowest BCUT2D eigenvalue weighted by atomic mass is 10.0. The van der Waals surface area contributed by atoms with Gasteiger partial charge in [0.2, 0.25) is 0 Å². The Morgan fingerprint density at radius 2 is 1.67 bits per heavy atom. The normalized spacial score (nSPS) is 10.5. The van der Waals surface area contributed by atoms with Crippen LogP contribution >= 0.6 is 11.3 Å². The van der Waals surface area contributed by atoms with E-state index in [2.05, 4.69) is 10.4 Å². The highest BCUT2D eigenvalue weighted by molar-refractivity contribution is 7.13. The number of hydrogen-bond donors (Lipinski definition) is 1. The summed E-state index contributed by atoms with van der Waals surface area (Å²) in [6.07, 6.45) is 0. The van der Waals surface area contributed by atoms with Gasteiger partial charge >= 0.3 is 0 Å². The lowest BCUT2D eigenvalue weighted by Gasteiger charge is -2.09. The van der Waals surface area contributed by atoms with Gasteiger partial charge in [-0.2, -0.15) is 5.10 Å². The summed E-state index contributed by atoms with van der Waals surface area (Å²) in [4.78, 5) is 37.6. The topological polar surface area (TPSA) is 90.3 Å². The Labute approximate surface area is 194 Å². The fraction of sp³-hybridized carbons (Fsp3) is 0.120. The molecule has 4 aromatic rings. The van der Waals surface area contributed by atoms with Crippen LogP contribution < -0.4 is 15.6 Å². The summed E-state index contributed by atoms with van der Waals surface area (Å²) >= 11 is 1.54. The third-order valence-electron chi connectivity index (χ3n) is 4.81. The third-order valence-corrected chi connectivity index (χ3v) is 5.70. The van der Waals surface area contributed by atoms with Gasteiger partial charge in [-0.25, -0.2) is 4.68 Å². The Hall–Kier alpha value is -4.04. The van der Waals surface area contributed by atoms with Gasteiger partial charge in [-0.05, 0) is 41.8 Å². The van der Waals surface area contributed by atoms with Crippen LogP contribution in [-0.2, 0) is 11.3 Å². The summed E-state index contributed by atoms with van der Waals surface area (Å²) in [7, 11) is 0. The van der Waals surface area contributed by atoms with E-state index >= 15 is 0 Å². The summed E-state index contributed by atoms with van der Waals surface area (Å²) in [6, 6.07) is 22.7. The molecule has 2 aromatic heterocycles. The van der Waals surface area contributed by atoms with Crippen molar-refractivity contribution < 1.29 is 14.3 Å². The zero-order valence-electron chi connectivity index (χ0n) is 17.6.